The Morgan fingerprint density at radius 3 is 2.55 bits per heavy atom. The van der Waals surface area contributed by atoms with Crippen LogP contribution < -0.4 is 9.64 Å². The van der Waals surface area contributed by atoms with Gasteiger partial charge in [-0.05, 0) is 24.3 Å². The van der Waals surface area contributed by atoms with Gasteiger partial charge in [0.1, 0.15) is 12.2 Å². The highest BCUT2D eigenvalue weighted by Crippen LogP contribution is 2.29. The molecule has 1 fully saturated rings. The van der Waals surface area contributed by atoms with E-state index < -0.39 is 12.6 Å². The van der Waals surface area contributed by atoms with Gasteiger partial charge in [0.25, 0.3) is 6.43 Å². The van der Waals surface area contributed by atoms with Crippen LogP contribution in [0.15, 0.2) is 66.9 Å². The molecule has 1 saturated heterocycles. The van der Waals surface area contributed by atoms with E-state index in [0.717, 1.165) is 6.20 Å². The fourth-order valence-corrected chi connectivity index (χ4v) is 3.78. The molecule has 0 saturated carbocycles. The number of carbonyl (C=O) groups excluding carboxylic acids is 1. The maximum atomic E-state index is 13.4. The number of pyridine rings is 1. The van der Waals surface area contributed by atoms with Crippen molar-refractivity contribution in [2.24, 2.45) is 0 Å². The second kappa shape index (κ2) is 9.74. The molecule has 5 nitrogen and oxygen atoms in total. The lowest BCUT2D eigenvalue weighted by Gasteiger charge is -2.20. The van der Waals surface area contributed by atoms with Gasteiger partial charge >= 0.3 is 0 Å². The van der Waals surface area contributed by atoms with Crippen LogP contribution in [0, 0.1) is 11.3 Å². The molecule has 2 atom stereocenters. The van der Waals surface area contributed by atoms with Crippen LogP contribution in [-0.2, 0) is 0 Å². The van der Waals surface area contributed by atoms with Crippen molar-refractivity contribution in [3.63, 3.8) is 0 Å². The maximum Gasteiger partial charge on any atom is 0.273 e. The average Bonchev–Trinajstić information content (AvgIpc) is 3.31. The Morgan fingerprint density at radius 1 is 1.09 bits per heavy atom. The Morgan fingerprint density at radius 2 is 1.88 bits per heavy atom. The quantitative estimate of drug-likeness (QED) is 0.467. The topological polar surface area (TPSA) is 66.2 Å². The molecule has 1 aromatic heterocycles. The molecule has 1 aliphatic rings. The first-order chi connectivity index (χ1) is 16.0. The lowest BCUT2D eigenvalue weighted by Crippen LogP contribution is -2.25. The summed E-state index contributed by atoms with van der Waals surface area (Å²) in [7, 11) is 0. The van der Waals surface area contributed by atoms with Gasteiger partial charge in [-0.15, -0.1) is 0 Å². The molecule has 2 aromatic carbocycles. The monoisotopic (exact) mass is 451 g/mol. The molecule has 0 aliphatic carbocycles. The minimum absolute atomic E-state index is 0.154. The average molecular weight is 451 g/mol. The van der Waals surface area contributed by atoms with Gasteiger partial charge in [-0.25, -0.2) is 18.2 Å². The van der Waals surface area contributed by atoms with Crippen LogP contribution in [0.5, 0.6) is 5.88 Å². The van der Waals surface area contributed by atoms with Crippen molar-refractivity contribution < 1.29 is 22.7 Å². The lowest BCUT2D eigenvalue weighted by atomic mass is 10.0. The van der Waals surface area contributed by atoms with E-state index in [4.69, 9.17) is 4.74 Å². The minimum Gasteiger partial charge on any atom is -0.472 e. The second-order valence-electron chi connectivity index (χ2n) is 7.68. The number of hydrogen-bond donors (Lipinski definition) is 0. The predicted molar refractivity (Wildman–Crippen MR) is 116 cm³/mol. The number of hydrogen-bond acceptors (Lipinski definition) is 5. The number of benzene rings is 2. The summed E-state index contributed by atoms with van der Waals surface area (Å²) in [5, 5.41) is 9.65. The van der Waals surface area contributed by atoms with Crippen molar-refractivity contribution in [3.05, 3.63) is 89.1 Å². The zero-order valence-corrected chi connectivity index (χ0v) is 17.5. The molecule has 4 rings (SSSR count). The number of ether oxygens (including phenoxy) is 1. The van der Waals surface area contributed by atoms with E-state index >= 15 is 0 Å². The summed E-state index contributed by atoms with van der Waals surface area (Å²) in [5.41, 5.74) is 1.88. The first-order valence-electron chi connectivity index (χ1n) is 10.4. The summed E-state index contributed by atoms with van der Waals surface area (Å²) in [6.07, 6.45) is -4.02. The van der Waals surface area contributed by atoms with Crippen molar-refractivity contribution in [1.82, 2.24) is 4.98 Å². The summed E-state index contributed by atoms with van der Waals surface area (Å²) >= 11 is 0. The summed E-state index contributed by atoms with van der Waals surface area (Å²) in [5.74, 6) is 0.0644. The Balaban J connectivity index is 1.43. The van der Waals surface area contributed by atoms with Gasteiger partial charge in [-0.3, -0.25) is 4.79 Å². The summed E-state index contributed by atoms with van der Waals surface area (Å²) in [6.45, 7) is 1.11. The Labute approximate surface area is 189 Å². The summed E-state index contributed by atoms with van der Waals surface area (Å²) < 4.78 is 44.2. The fraction of sp³-hybridized carbons (Fsp3) is 0.240. The number of nitriles is 1. The molecule has 0 spiro atoms. The SMILES string of the molecule is N#Cc1cc(C(=O)c2ccccc2)ccc1N1CCC(Oc2ccc(C(F)C(F)F)cn2)C1. The molecule has 2 unspecified atom stereocenters. The molecular weight excluding hydrogens is 431 g/mol. The number of carbonyl (C=O) groups is 1. The van der Waals surface area contributed by atoms with Crippen molar-refractivity contribution >= 4 is 11.5 Å². The molecule has 2 heterocycles. The molecule has 0 N–H and O–H groups in total. The van der Waals surface area contributed by atoms with E-state index in [0.29, 0.717) is 41.9 Å². The number of ketones is 1. The third-order valence-electron chi connectivity index (χ3n) is 5.49. The molecule has 1 aliphatic heterocycles. The molecular formula is C25H20F3N3O2. The van der Waals surface area contributed by atoms with E-state index in [9.17, 15) is 23.2 Å². The van der Waals surface area contributed by atoms with Gasteiger partial charge in [0, 0.05) is 41.9 Å². The standard InChI is InChI=1S/C25H20F3N3O2/c26-23(25(27)28)18-7-9-22(30-14-18)33-20-10-11-31(15-20)21-8-6-17(12-19(21)13-29)24(32)16-4-2-1-3-5-16/h1-9,12,14,20,23,25H,10-11,15H2. The molecule has 0 amide bonds. The highest BCUT2D eigenvalue weighted by atomic mass is 19.3. The van der Waals surface area contributed by atoms with Crippen LogP contribution in [-0.4, -0.2) is 36.4 Å². The molecule has 0 radical (unpaired) electrons. The molecule has 33 heavy (non-hydrogen) atoms. The first kappa shape index (κ1) is 22.3. The van der Waals surface area contributed by atoms with E-state index in [1.807, 2.05) is 11.0 Å². The van der Waals surface area contributed by atoms with Gasteiger partial charge in [-0.2, -0.15) is 5.26 Å². The highest BCUT2D eigenvalue weighted by Gasteiger charge is 2.27. The molecule has 3 aromatic rings. The zero-order valence-electron chi connectivity index (χ0n) is 17.5. The highest BCUT2D eigenvalue weighted by molar-refractivity contribution is 6.09. The van der Waals surface area contributed by atoms with Crippen molar-refractivity contribution in [2.75, 3.05) is 18.0 Å². The van der Waals surface area contributed by atoms with Gasteiger partial charge in [0.2, 0.25) is 5.88 Å². The third kappa shape index (κ3) is 4.98. The summed E-state index contributed by atoms with van der Waals surface area (Å²) in [4.78, 5) is 18.6. The lowest BCUT2D eigenvalue weighted by molar-refractivity contribution is 0.0493. The van der Waals surface area contributed by atoms with Gasteiger partial charge < -0.3 is 9.64 Å². The van der Waals surface area contributed by atoms with Crippen molar-refractivity contribution in [3.8, 4) is 11.9 Å². The smallest absolute Gasteiger partial charge is 0.273 e. The van der Waals surface area contributed by atoms with Gasteiger partial charge in [0.05, 0.1) is 17.8 Å². The van der Waals surface area contributed by atoms with Crippen molar-refractivity contribution in [2.45, 2.75) is 25.1 Å². The number of rotatable bonds is 7. The van der Waals surface area contributed by atoms with E-state index in [1.165, 1.54) is 12.1 Å². The van der Waals surface area contributed by atoms with Crippen LogP contribution in [0.2, 0.25) is 0 Å². The van der Waals surface area contributed by atoms with Crippen LogP contribution >= 0.6 is 0 Å². The molecule has 8 heteroatoms. The Hall–Kier alpha value is -3.86. The largest absolute Gasteiger partial charge is 0.472 e. The fourth-order valence-electron chi connectivity index (χ4n) is 3.78. The number of halogens is 3. The number of nitrogens with zero attached hydrogens (tertiary/aromatic N) is 3. The first-order valence-corrected chi connectivity index (χ1v) is 10.4. The van der Waals surface area contributed by atoms with Crippen molar-refractivity contribution in [1.29, 1.82) is 5.26 Å². The Kier molecular flexibility index (Phi) is 6.59. The normalized spacial score (nSPS) is 16.5. The van der Waals surface area contributed by atoms with Crippen LogP contribution in [0.25, 0.3) is 0 Å². The van der Waals surface area contributed by atoms with Crippen LogP contribution in [0.4, 0.5) is 18.9 Å². The number of aromatic nitrogens is 1. The van der Waals surface area contributed by atoms with E-state index in [2.05, 4.69) is 11.1 Å². The third-order valence-corrected chi connectivity index (χ3v) is 5.49. The molecule has 168 valence electrons. The van der Waals surface area contributed by atoms with Gasteiger partial charge in [-0.1, -0.05) is 30.3 Å². The van der Waals surface area contributed by atoms with Crippen LogP contribution in [0.1, 0.15) is 39.6 Å². The van der Waals surface area contributed by atoms with Crippen LogP contribution in [0.3, 0.4) is 0 Å². The maximum absolute atomic E-state index is 13.4. The number of anilines is 1. The van der Waals surface area contributed by atoms with Gasteiger partial charge in [0.15, 0.2) is 12.0 Å². The second-order valence-corrected chi connectivity index (χ2v) is 7.68. The number of alkyl halides is 3. The summed E-state index contributed by atoms with van der Waals surface area (Å²) in [6, 6.07) is 18.7. The molecule has 0 bridgehead atoms. The Bertz CT molecular complexity index is 1160. The predicted octanol–water partition coefficient (Wildman–Crippen LogP) is 5.12. The van der Waals surface area contributed by atoms with E-state index in [-0.39, 0.29) is 23.3 Å². The van der Waals surface area contributed by atoms with E-state index in [1.54, 1.807) is 42.5 Å². The minimum atomic E-state index is -3.11. The zero-order chi connectivity index (χ0) is 23.4.